The van der Waals surface area contributed by atoms with Gasteiger partial charge in [-0.15, -0.1) is 0 Å². The Morgan fingerprint density at radius 2 is 1.64 bits per heavy atom. The third-order valence-corrected chi connectivity index (χ3v) is 3.93. The number of nitrogens with zero attached hydrogens (tertiary/aromatic N) is 1. The molecule has 28 heavy (non-hydrogen) atoms. The monoisotopic (exact) mass is 377 g/mol. The van der Waals surface area contributed by atoms with Gasteiger partial charge in [-0.2, -0.15) is 0 Å². The number of ether oxygens (including phenoxy) is 2. The fraction of sp³-hybridized carbons (Fsp3) is 0.0952. The van der Waals surface area contributed by atoms with Crippen LogP contribution >= 0.6 is 0 Å². The van der Waals surface area contributed by atoms with Gasteiger partial charge < -0.3 is 20.1 Å². The van der Waals surface area contributed by atoms with Gasteiger partial charge >= 0.3 is 5.97 Å². The maximum atomic E-state index is 12.3. The Kier molecular flexibility index (Phi) is 5.86. The van der Waals surface area contributed by atoms with Crippen LogP contribution in [-0.4, -0.2) is 31.1 Å². The average Bonchev–Trinajstić information content (AvgIpc) is 2.75. The molecule has 7 nitrogen and oxygen atoms in total. The molecule has 3 rings (SSSR count). The molecule has 0 atom stereocenters. The zero-order chi connectivity index (χ0) is 19.9. The third kappa shape index (κ3) is 4.64. The van der Waals surface area contributed by atoms with Crippen molar-refractivity contribution in [2.24, 2.45) is 0 Å². The molecule has 0 saturated heterocycles. The van der Waals surface area contributed by atoms with Gasteiger partial charge in [-0.3, -0.25) is 4.79 Å². The summed E-state index contributed by atoms with van der Waals surface area (Å²) in [4.78, 5) is 28.1. The number of hydrogen-bond donors (Lipinski definition) is 2. The maximum Gasteiger partial charge on any atom is 0.337 e. The Bertz CT molecular complexity index is 970. The van der Waals surface area contributed by atoms with Crippen LogP contribution in [0.25, 0.3) is 0 Å². The number of rotatable bonds is 6. The van der Waals surface area contributed by atoms with E-state index in [0.717, 1.165) is 5.69 Å². The van der Waals surface area contributed by atoms with Gasteiger partial charge in [-0.1, -0.05) is 6.07 Å². The van der Waals surface area contributed by atoms with Gasteiger partial charge in [0.2, 0.25) is 0 Å². The van der Waals surface area contributed by atoms with E-state index >= 15 is 0 Å². The molecule has 0 aliphatic rings. The number of methoxy groups -OCH3 is 2. The van der Waals surface area contributed by atoms with Crippen LogP contribution in [0.1, 0.15) is 20.7 Å². The molecule has 0 bridgehead atoms. The first-order chi connectivity index (χ1) is 13.6. The molecule has 0 aliphatic heterocycles. The summed E-state index contributed by atoms with van der Waals surface area (Å²) in [5, 5.41) is 5.91. The van der Waals surface area contributed by atoms with E-state index in [0.29, 0.717) is 28.4 Å². The topological polar surface area (TPSA) is 89.6 Å². The highest BCUT2D eigenvalue weighted by atomic mass is 16.5. The van der Waals surface area contributed by atoms with Crippen LogP contribution in [0.3, 0.4) is 0 Å². The van der Waals surface area contributed by atoms with Crippen molar-refractivity contribution in [1.29, 1.82) is 0 Å². The summed E-state index contributed by atoms with van der Waals surface area (Å²) in [6, 6.07) is 17.2. The highest BCUT2D eigenvalue weighted by Gasteiger charge is 2.08. The Hall–Kier alpha value is -3.87. The Morgan fingerprint density at radius 1 is 0.893 bits per heavy atom. The van der Waals surface area contributed by atoms with Crippen molar-refractivity contribution in [1.82, 2.24) is 4.98 Å². The fourth-order valence-electron chi connectivity index (χ4n) is 2.46. The first kappa shape index (κ1) is 18.9. The summed E-state index contributed by atoms with van der Waals surface area (Å²) in [7, 11) is 2.89. The minimum Gasteiger partial charge on any atom is -0.497 e. The second-order valence-corrected chi connectivity index (χ2v) is 5.81. The summed E-state index contributed by atoms with van der Waals surface area (Å²) < 4.78 is 9.80. The summed E-state index contributed by atoms with van der Waals surface area (Å²) in [6.45, 7) is 0. The van der Waals surface area contributed by atoms with Gasteiger partial charge in [0, 0.05) is 11.3 Å². The molecule has 2 N–H and O–H groups in total. The van der Waals surface area contributed by atoms with E-state index in [1.807, 2.05) is 0 Å². The lowest BCUT2D eigenvalue weighted by atomic mass is 10.2. The van der Waals surface area contributed by atoms with Gasteiger partial charge in [0.1, 0.15) is 11.6 Å². The largest absolute Gasteiger partial charge is 0.497 e. The lowest BCUT2D eigenvalue weighted by molar-refractivity contribution is 0.0600. The van der Waals surface area contributed by atoms with E-state index < -0.39 is 0 Å². The van der Waals surface area contributed by atoms with Crippen LogP contribution in [0.5, 0.6) is 5.75 Å². The molecule has 142 valence electrons. The Morgan fingerprint density at radius 3 is 2.29 bits per heavy atom. The SMILES string of the molecule is COC(=O)c1ccc(Nc2ccc(NC(=O)c3cccc(OC)c3)cn2)cc1. The molecule has 1 aromatic heterocycles. The van der Waals surface area contributed by atoms with E-state index in [4.69, 9.17) is 4.74 Å². The zero-order valence-corrected chi connectivity index (χ0v) is 15.4. The van der Waals surface area contributed by atoms with Crippen molar-refractivity contribution in [3.8, 4) is 5.75 Å². The Balaban J connectivity index is 1.63. The van der Waals surface area contributed by atoms with Crippen LogP contribution in [-0.2, 0) is 4.74 Å². The molecule has 0 saturated carbocycles. The van der Waals surface area contributed by atoms with Crippen molar-refractivity contribution in [3.63, 3.8) is 0 Å². The molecule has 0 spiro atoms. The van der Waals surface area contributed by atoms with Crippen LogP contribution in [0, 0.1) is 0 Å². The quantitative estimate of drug-likeness (QED) is 0.634. The van der Waals surface area contributed by atoms with Crippen molar-refractivity contribution in [3.05, 3.63) is 78.0 Å². The molecule has 1 amide bonds. The summed E-state index contributed by atoms with van der Waals surface area (Å²) in [5.74, 6) is 0.578. The van der Waals surface area contributed by atoms with E-state index in [-0.39, 0.29) is 11.9 Å². The number of benzene rings is 2. The highest BCUT2D eigenvalue weighted by Crippen LogP contribution is 2.18. The number of nitrogens with one attached hydrogen (secondary N) is 2. The minimum absolute atomic E-state index is 0.250. The third-order valence-electron chi connectivity index (χ3n) is 3.93. The molecule has 7 heteroatoms. The fourth-order valence-corrected chi connectivity index (χ4v) is 2.46. The van der Waals surface area contributed by atoms with Crippen molar-refractivity contribution in [2.45, 2.75) is 0 Å². The molecular weight excluding hydrogens is 358 g/mol. The van der Waals surface area contributed by atoms with E-state index in [2.05, 4.69) is 20.4 Å². The van der Waals surface area contributed by atoms with E-state index in [1.54, 1.807) is 74.0 Å². The number of carbonyl (C=O) groups excluding carboxylic acids is 2. The zero-order valence-electron chi connectivity index (χ0n) is 15.4. The summed E-state index contributed by atoms with van der Waals surface area (Å²) in [5.41, 5.74) is 2.30. The maximum absolute atomic E-state index is 12.3. The molecule has 0 unspecified atom stereocenters. The number of pyridine rings is 1. The van der Waals surface area contributed by atoms with Crippen LogP contribution in [0.2, 0.25) is 0 Å². The van der Waals surface area contributed by atoms with E-state index in [1.165, 1.54) is 7.11 Å². The predicted octanol–water partition coefficient (Wildman–Crippen LogP) is 3.87. The number of amides is 1. The van der Waals surface area contributed by atoms with Crippen molar-refractivity contribution in [2.75, 3.05) is 24.9 Å². The second-order valence-electron chi connectivity index (χ2n) is 5.81. The molecule has 0 radical (unpaired) electrons. The second kappa shape index (κ2) is 8.68. The first-order valence-corrected chi connectivity index (χ1v) is 8.46. The van der Waals surface area contributed by atoms with E-state index in [9.17, 15) is 9.59 Å². The Labute approximate surface area is 162 Å². The first-order valence-electron chi connectivity index (χ1n) is 8.46. The molecular formula is C21H19N3O4. The lowest BCUT2D eigenvalue weighted by Gasteiger charge is -2.09. The summed E-state index contributed by atoms with van der Waals surface area (Å²) in [6.07, 6.45) is 1.56. The number of aromatic nitrogens is 1. The van der Waals surface area contributed by atoms with Crippen molar-refractivity contribution >= 4 is 29.1 Å². The lowest BCUT2D eigenvalue weighted by Crippen LogP contribution is -2.12. The van der Waals surface area contributed by atoms with Gasteiger partial charge in [0.05, 0.1) is 31.7 Å². The average molecular weight is 377 g/mol. The highest BCUT2D eigenvalue weighted by molar-refractivity contribution is 6.04. The molecule has 2 aromatic carbocycles. The number of carbonyl (C=O) groups is 2. The van der Waals surface area contributed by atoms with Gasteiger partial charge in [-0.05, 0) is 54.6 Å². The van der Waals surface area contributed by atoms with Crippen LogP contribution in [0.4, 0.5) is 17.2 Å². The minimum atomic E-state index is -0.388. The van der Waals surface area contributed by atoms with Crippen LogP contribution in [0.15, 0.2) is 66.9 Å². The normalized spacial score (nSPS) is 10.1. The van der Waals surface area contributed by atoms with Crippen LogP contribution < -0.4 is 15.4 Å². The van der Waals surface area contributed by atoms with Gasteiger partial charge in [0.15, 0.2) is 0 Å². The molecule has 0 aliphatic carbocycles. The van der Waals surface area contributed by atoms with Gasteiger partial charge in [0.25, 0.3) is 5.91 Å². The number of anilines is 3. The number of hydrogen-bond acceptors (Lipinski definition) is 6. The summed E-state index contributed by atoms with van der Waals surface area (Å²) >= 11 is 0. The standard InChI is InChI=1S/C21H19N3O4/c1-27-18-5-3-4-15(12-18)20(25)24-17-10-11-19(22-13-17)23-16-8-6-14(7-9-16)21(26)28-2/h3-13H,1-2H3,(H,22,23)(H,24,25). The molecule has 3 aromatic rings. The molecule has 1 heterocycles. The van der Waals surface area contributed by atoms with Gasteiger partial charge in [-0.25, -0.2) is 9.78 Å². The predicted molar refractivity (Wildman–Crippen MR) is 106 cm³/mol. The smallest absolute Gasteiger partial charge is 0.337 e. The molecule has 0 fully saturated rings. The number of esters is 1. The van der Waals surface area contributed by atoms with Crippen molar-refractivity contribution < 1.29 is 19.1 Å².